The number of hydrogen-bond donors (Lipinski definition) is 1. The van der Waals surface area contributed by atoms with E-state index in [9.17, 15) is 9.90 Å². The standard InChI is InChI=1S/C16H19N3O2/c1-10-3-2-4-15-17-13(9-19(10)15)16(21)18-7-11-5-6-14(20)12(11)8-18/h2-4,9,11-12,14,20H,5-8H2,1H3. The van der Waals surface area contributed by atoms with Crippen molar-refractivity contribution in [1.82, 2.24) is 14.3 Å². The molecule has 2 aromatic rings. The van der Waals surface area contributed by atoms with Crippen LogP contribution in [0.3, 0.4) is 0 Å². The zero-order valence-electron chi connectivity index (χ0n) is 12.1. The van der Waals surface area contributed by atoms with Crippen molar-refractivity contribution in [3.05, 3.63) is 35.8 Å². The average Bonchev–Trinajstić information content (AvgIpc) is 3.14. The van der Waals surface area contributed by atoms with E-state index in [-0.39, 0.29) is 17.9 Å². The van der Waals surface area contributed by atoms with Crippen LogP contribution < -0.4 is 0 Å². The van der Waals surface area contributed by atoms with E-state index in [1.807, 2.05) is 40.6 Å². The second-order valence-electron chi connectivity index (χ2n) is 6.30. The summed E-state index contributed by atoms with van der Waals surface area (Å²) in [6, 6.07) is 5.86. The van der Waals surface area contributed by atoms with Crippen LogP contribution >= 0.6 is 0 Å². The Balaban J connectivity index is 1.61. The molecule has 3 atom stereocenters. The molecule has 4 rings (SSSR count). The van der Waals surface area contributed by atoms with Crippen molar-refractivity contribution >= 4 is 11.6 Å². The number of pyridine rings is 1. The lowest BCUT2D eigenvalue weighted by atomic mass is 10.00. The highest BCUT2D eigenvalue weighted by atomic mass is 16.3. The number of aliphatic hydroxyl groups is 1. The summed E-state index contributed by atoms with van der Waals surface area (Å²) >= 11 is 0. The molecule has 0 radical (unpaired) electrons. The number of aliphatic hydroxyl groups excluding tert-OH is 1. The smallest absolute Gasteiger partial charge is 0.274 e. The number of aryl methyl sites for hydroxylation is 1. The van der Waals surface area contributed by atoms with E-state index < -0.39 is 0 Å². The van der Waals surface area contributed by atoms with Crippen molar-refractivity contribution in [2.24, 2.45) is 11.8 Å². The largest absolute Gasteiger partial charge is 0.393 e. The zero-order valence-corrected chi connectivity index (χ0v) is 12.1. The van der Waals surface area contributed by atoms with Gasteiger partial charge in [-0.1, -0.05) is 6.07 Å². The van der Waals surface area contributed by atoms with Crippen LogP contribution in [0.1, 0.15) is 29.0 Å². The number of imidazole rings is 1. The van der Waals surface area contributed by atoms with Crippen molar-refractivity contribution in [3.8, 4) is 0 Å². The fourth-order valence-corrected chi connectivity index (χ4v) is 3.82. The molecule has 1 saturated heterocycles. The maximum atomic E-state index is 12.6. The quantitative estimate of drug-likeness (QED) is 0.863. The van der Waals surface area contributed by atoms with E-state index in [1.54, 1.807) is 0 Å². The molecule has 2 fully saturated rings. The number of carbonyl (C=O) groups excluding carboxylic acids is 1. The summed E-state index contributed by atoms with van der Waals surface area (Å²) in [6.07, 6.45) is 3.48. The van der Waals surface area contributed by atoms with Crippen LogP contribution in [0.2, 0.25) is 0 Å². The van der Waals surface area contributed by atoms with E-state index in [0.29, 0.717) is 18.2 Å². The van der Waals surface area contributed by atoms with Crippen LogP contribution in [-0.4, -0.2) is 44.5 Å². The molecule has 2 aliphatic rings. The normalized spacial score (nSPS) is 28.3. The van der Waals surface area contributed by atoms with Gasteiger partial charge in [-0.15, -0.1) is 0 Å². The van der Waals surface area contributed by atoms with E-state index in [2.05, 4.69) is 4.98 Å². The van der Waals surface area contributed by atoms with Crippen LogP contribution in [0.15, 0.2) is 24.4 Å². The number of carbonyl (C=O) groups is 1. The SMILES string of the molecule is Cc1cccc2nc(C(=O)N3CC4CCC(O)C4C3)cn12. The first-order chi connectivity index (χ1) is 10.1. The molecule has 1 aliphatic heterocycles. The molecular weight excluding hydrogens is 266 g/mol. The van der Waals surface area contributed by atoms with Gasteiger partial charge in [0.1, 0.15) is 11.3 Å². The first kappa shape index (κ1) is 12.8. The number of amides is 1. The van der Waals surface area contributed by atoms with E-state index >= 15 is 0 Å². The number of rotatable bonds is 1. The van der Waals surface area contributed by atoms with Gasteiger partial charge in [-0.25, -0.2) is 4.98 Å². The molecule has 3 unspecified atom stereocenters. The number of hydrogen-bond acceptors (Lipinski definition) is 3. The molecule has 1 aliphatic carbocycles. The molecule has 21 heavy (non-hydrogen) atoms. The Morgan fingerprint density at radius 1 is 1.33 bits per heavy atom. The first-order valence-corrected chi connectivity index (χ1v) is 7.55. The molecule has 1 N–H and O–H groups in total. The molecule has 1 amide bonds. The highest BCUT2D eigenvalue weighted by Gasteiger charge is 2.43. The minimum absolute atomic E-state index is 0.0142. The third-order valence-corrected chi connectivity index (χ3v) is 5.02. The fourth-order valence-electron chi connectivity index (χ4n) is 3.82. The van der Waals surface area contributed by atoms with Crippen LogP contribution in [-0.2, 0) is 0 Å². The summed E-state index contributed by atoms with van der Waals surface area (Å²) in [5.41, 5.74) is 2.37. The summed E-state index contributed by atoms with van der Waals surface area (Å²) < 4.78 is 1.94. The third kappa shape index (κ3) is 1.95. The number of nitrogens with zero attached hydrogens (tertiary/aromatic N) is 3. The van der Waals surface area contributed by atoms with Gasteiger partial charge in [-0.3, -0.25) is 4.79 Å². The van der Waals surface area contributed by atoms with Crippen LogP contribution in [0, 0.1) is 18.8 Å². The lowest BCUT2D eigenvalue weighted by molar-refractivity contribution is 0.0747. The maximum Gasteiger partial charge on any atom is 0.274 e. The van der Waals surface area contributed by atoms with Crippen LogP contribution in [0.4, 0.5) is 0 Å². The Labute approximate surface area is 123 Å². The fraction of sp³-hybridized carbons (Fsp3) is 0.500. The second kappa shape index (κ2) is 4.56. The van der Waals surface area contributed by atoms with Crippen molar-refractivity contribution in [2.45, 2.75) is 25.9 Å². The third-order valence-electron chi connectivity index (χ3n) is 5.02. The van der Waals surface area contributed by atoms with Gasteiger partial charge in [-0.2, -0.15) is 0 Å². The summed E-state index contributed by atoms with van der Waals surface area (Å²) in [4.78, 5) is 18.9. The van der Waals surface area contributed by atoms with Crippen LogP contribution in [0.5, 0.6) is 0 Å². The van der Waals surface area contributed by atoms with Gasteiger partial charge in [0.25, 0.3) is 5.91 Å². The summed E-state index contributed by atoms with van der Waals surface area (Å²) in [7, 11) is 0. The molecule has 3 heterocycles. The molecule has 0 bridgehead atoms. The Hall–Kier alpha value is -1.88. The first-order valence-electron chi connectivity index (χ1n) is 7.55. The number of likely N-dealkylation sites (tertiary alicyclic amines) is 1. The Morgan fingerprint density at radius 3 is 2.95 bits per heavy atom. The van der Waals surface area contributed by atoms with Crippen molar-refractivity contribution in [2.75, 3.05) is 13.1 Å². The van der Waals surface area contributed by atoms with E-state index in [1.165, 1.54) is 0 Å². The highest BCUT2D eigenvalue weighted by Crippen LogP contribution is 2.38. The molecule has 5 nitrogen and oxygen atoms in total. The van der Waals surface area contributed by atoms with Crippen LogP contribution in [0.25, 0.3) is 5.65 Å². The molecule has 0 spiro atoms. The molecule has 1 saturated carbocycles. The zero-order chi connectivity index (χ0) is 14.6. The lowest BCUT2D eigenvalue weighted by Gasteiger charge is -2.17. The predicted molar refractivity (Wildman–Crippen MR) is 78.1 cm³/mol. The van der Waals surface area contributed by atoms with Gasteiger partial charge >= 0.3 is 0 Å². The summed E-state index contributed by atoms with van der Waals surface area (Å²) in [5, 5.41) is 9.96. The van der Waals surface area contributed by atoms with Gasteiger partial charge in [0.05, 0.1) is 6.10 Å². The van der Waals surface area contributed by atoms with E-state index in [4.69, 9.17) is 0 Å². The highest BCUT2D eigenvalue weighted by molar-refractivity contribution is 5.93. The Kier molecular flexibility index (Phi) is 2.79. The average molecular weight is 285 g/mol. The van der Waals surface area contributed by atoms with E-state index in [0.717, 1.165) is 30.7 Å². The lowest BCUT2D eigenvalue weighted by Crippen LogP contribution is -2.31. The van der Waals surface area contributed by atoms with Gasteiger partial charge < -0.3 is 14.4 Å². The van der Waals surface area contributed by atoms with Crippen molar-refractivity contribution in [1.29, 1.82) is 0 Å². The minimum Gasteiger partial charge on any atom is -0.393 e. The molecule has 110 valence electrons. The predicted octanol–water partition coefficient (Wildman–Crippen LogP) is 1.49. The molecule has 2 aromatic heterocycles. The van der Waals surface area contributed by atoms with Gasteiger partial charge in [0.2, 0.25) is 0 Å². The topological polar surface area (TPSA) is 57.8 Å². The van der Waals surface area contributed by atoms with Crippen molar-refractivity contribution < 1.29 is 9.90 Å². The monoisotopic (exact) mass is 285 g/mol. The minimum atomic E-state index is -0.240. The van der Waals surface area contributed by atoms with Gasteiger partial charge in [-0.05, 0) is 37.8 Å². The second-order valence-corrected chi connectivity index (χ2v) is 6.30. The Morgan fingerprint density at radius 2 is 2.19 bits per heavy atom. The summed E-state index contributed by atoms with van der Waals surface area (Å²) in [5.74, 6) is 0.704. The molecular formula is C16H19N3O2. The maximum absolute atomic E-state index is 12.6. The number of aromatic nitrogens is 2. The Bertz CT molecular complexity index is 709. The van der Waals surface area contributed by atoms with Gasteiger partial charge in [0, 0.05) is 30.9 Å². The number of fused-ring (bicyclic) bond motifs is 2. The van der Waals surface area contributed by atoms with Crippen molar-refractivity contribution in [3.63, 3.8) is 0 Å². The molecule has 0 aromatic carbocycles. The molecule has 5 heteroatoms. The van der Waals surface area contributed by atoms with Gasteiger partial charge in [0.15, 0.2) is 0 Å². The summed E-state index contributed by atoms with van der Waals surface area (Å²) in [6.45, 7) is 3.42.